The first kappa shape index (κ1) is 24.3. The monoisotopic (exact) mass is 538 g/mol. The Bertz CT molecular complexity index is 1620. The van der Waals surface area contributed by atoms with Crippen LogP contribution in [0.15, 0.2) is 97.1 Å². The molecule has 8 rings (SSSR count). The van der Waals surface area contributed by atoms with Crippen molar-refractivity contribution in [2.24, 2.45) is 11.8 Å². The fraction of sp³-hybridized carbons (Fsp3) is 0.156. The molecule has 1 heterocycles. The van der Waals surface area contributed by atoms with Gasteiger partial charge in [-0.3, -0.25) is 14.4 Å². The second-order valence-corrected chi connectivity index (χ2v) is 10.3. The zero-order valence-electron chi connectivity index (χ0n) is 20.9. The van der Waals surface area contributed by atoms with Gasteiger partial charge in [-0.1, -0.05) is 72.8 Å². The molecule has 0 radical (unpaired) electrons. The molecule has 0 saturated carbocycles. The number of halogens is 3. The van der Waals surface area contributed by atoms with E-state index in [1.54, 1.807) is 12.1 Å². The Morgan fingerprint density at radius 2 is 1.10 bits per heavy atom. The average molecular weight is 539 g/mol. The van der Waals surface area contributed by atoms with Crippen LogP contribution in [0.1, 0.15) is 50.0 Å². The van der Waals surface area contributed by atoms with Crippen LogP contribution in [0, 0.1) is 11.8 Å². The maximum Gasteiger partial charge on any atom is 0.418 e. The summed E-state index contributed by atoms with van der Waals surface area (Å²) in [5, 5.41) is 2.34. The summed E-state index contributed by atoms with van der Waals surface area (Å²) in [7, 11) is 0. The van der Waals surface area contributed by atoms with Gasteiger partial charge in [-0.25, -0.2) is 4.90 Å². The molecule has 4 aromatic rings. The molecule has 1 saturated heterocycles. The number of nitrogens with one attached hydrogen (secondary N) is 1. The number of hydrogen-bond donors (Lipinski definition) is 1. The van der Waals surface area contributed by atoms with Gasteiger partial charge in [0.1, 0.15) is 0 Å². The molecule has 8 heteroatoms. The lowest BCUT2D eigenvalue weighted by molar-refractivity contribution is -0.137. The summed E-state index contributed by atoms with van der Waals surface area (Å²) in [5.74, 6) is -3.60. The average Bonchev–Trinajstić information content (AvgIpc) is 3.22. The Morgan fingerprint density at radius 1 is 0.650 bits per heavy atom. The van der Waals surface area contributed by atoms with Gasteiger partial charge in [0.25, 0.3) is 5.91 Å². The molecule has 3 amide bonds. The summed E-state index contributed by atoms with van der Waals surface area (Å²) in [6.07, 6.45) is -4.68. The molecule has 0 spiro atoms. The number of anilines is 2. The van der Waals surface area contributed by atoms with E-state index in [-0.39, 0.29) is 23.1 Å². The Balaban J connectivity index is 1.30. The van der Waals surface area contributed by atoms with Gasteiger partial charge in [0.15, 0.2) is 0 Å². The van der Waals surface area contributed by atoms with Crippen LogP contribution < -0.4 is 10.2 Å². The molecule has 4 aliphatic rings. The predicted octanol–water partition coefficient (Wildman–Crippen LogP) is 6.35. The van der Waals surface area contributed by atoms with Gasteiger partial charge in [-0.15, -0.1) is 0 Å². The fourth-order valence-corrected chi connectivity index (χ4v) is 6.80. The van der Waals surface area contributed by atoms with Crippen LogP contribution in [0.3, 0.4) is 0 Å². The second-order valence-electron chi connectivity index (χ2n) is 10.3. The lowest BCUT2D eigenvalue weighted by Gasteiger charge is -2.45. The molecule has 40 heavy (non-hydrogen) atoms. The van der Waals surface area contributed by atoms with Gasteiger partial charge in [-0.2, -0.15) is 13.2 Å². The van der Waals surface area contributed by atoms with E-state index in [0.717, 1.165) is 39.3 Å². The largest absolute Gasteiger partial charge is 0.418 e. The van der Waals surface area contributed by atoms with Crippen molar-refractivity contribution in [1.29, 1.82) is 0 Å². The lowest BCUT2D eigenvalue weighted by atomic mass is 9.55. The van der Waals surface area contributed by atoms with E-state index in [1.807, 2.05) is 48.5 Å². The number of benzene rings is 4. The summed E-state index contributed by atoms with van der Waals surface area (Å²) in [4.78, 5) is 42.6. The number of rotatable bonds is 3. The van der Waals surface area contributed by atoms with E-state index < -0.39 is 47.0 Å². The van der Waals surface area contributed by atoms with Crippen LogP contribution in [0.25, 0.3) is 0 Å². The van der Waals surface area contributed by atoms with Gasteiger partial charge >= 0.3 is 6.18 Å². The molecule has 1 aliphatic heterocycles. The highest BCUT2D eigenvalue weighted by atomic mass is 19.4. The highest BCUT2D eigenvalue weighted by Gasteiger charge is 2.62. The Morgan fingerprint density at radius 3 is 1.62 bits per heavy atom. The van der Waals surface area contributed by atoms with Crippen molar-refractivity contribution in [3.63, 3.8) is 0 Å². The third-order valence-corrected chi connectivity index (χ3v) is 8.32. The second kappa shape index (κ2) is 8.64. The Labute approximate surface area is 227 Å². The third-order valence-electron chi connectivity index (χ3n) is 8.32. The Hall–Kier alpha value is -4.72. The Kier molecular flexibility index (Phi) is 5.26. The topological polar surface area (TPSA) is 66.5 Å². The predicted molar refractivity (Wildman–Crippen MR) is 142 cm³/mol. The molecular weight excluding hydrogens is 517 g/mol. The van der Waals surface area contributed by atoms with Crippen molar-refractivity contribution in [3.8, 4) is 0 Å². The number of imide groups is 1. The SMILES string of the molecule is O=C(Nc1ccccc1C(F)(F)F)c1ccccc1N1C(=O)[C@@H]2C3c4ccccc4C(c4ccccc43)[C@@H]2C1=O. The van der Waals surface area contributed by atoms with Gasteiger partial charge in [0.05, 0.1) is 34.3 Å². The first-order chi connectivity index (χ1) is 19.3. The number of alkyl halides is 3. The quantitative estimate of drug-likeness (QED) is 0.309. The normalized spacial score (nSPS) is 22.5. The number of amides is 3. The van der Waals surface area contributed by atoms with Crippen LogP contribution in [-0.4, -0.2) is 17.7 Å². The van der Waals surface area contributed by atoms with Gasteiger partial charge in [0.2, 0.25) is 11.8 Å². The summed E-state index contributed by atoms with van der Waals surface area (Å²) in [6.45, 7) is 0. The van der Waals surface area contributed by atoms with Gasteiger partial charge in [-0.05, 0) is 46.5 Å². The van der Waals surface area contributed by atoms with Crippen LogP contribution in [-0.2, 0) is 15.8 Å². The van der Waals surface area contributed by atoms with Crippen molar-refractivity contribution in [1.82, 2.24) is 0 Å². The first-order valence-electron chi connectivity index (χ1n) is 12.9. The molecular formula is C32H21F3N2O3. The van der Waals surface area contributed by atoms with Crippen LogP contribution in [0.5, 0.6) is 0 Å². The highest BCUT2D eigenvalue weighted by Crippen LogP contribution is 2.61. The number of hydrogen-bond acceptors (Lipinski definition) is 3. The minimum Gasteiger partial charge on any atom is -0.321 e. The van der Waals surface area contributed by atoms with E-state index in [9.17, 15) is 27.6 Å². The molecule has 5 nitrogen and oxygen atoms in total. The lowest BCUT2D eigenvalue weighted by Crippen LogP contribution is -2.41. The number of carbonyl (C=O) groups is 3. The standard InChI is InChI=1S/C32H21F3N2O3/c33-32(34,35)22-14-6-7-15-23(22)36-29(38)21-13-5-8-16-24(21)37-30(39)27-25-17-9-1-2-10-18(17)26(28(27)31(37)40)20-12-4-3-11-19(20)25/h1-16,25-28H,(H,36,38)/t25?,26?,27-,28+. The van der Waals surface area contributed by atoms with E-state index in [0.29, 0.717) is 0 Å². The van der Waals surface area contributed by atoms with E-state index >= 15 is 0 Å². The molecule has 0 unspecified atom stereocenters. The van der Waals surface area contributed by atoms with Crippen molar-refractivity contribution >= 4 is 29.1 Å². The molecule has 1 N–H and O–H groups in total. The van der Waals surface area contributed by atoms with Crippen molar-refractivity contribution < 1.29 is 27.6 Å². The van der Waals surface area contributed by atoms with Gasteiger partial charge in [0, 0.05) is 11.8 Å². The van der Waals surface area contributed by atoms with E-state index in [1.165, 1.54) is 24.3 Å². The zero-order valence-corrected chi connectivity index (χ0v) is 20.9. The van der Waals surface area contributed by atoms with Crippen molar-refractivity contribution in [2.75, 3.05) is 10.2 Å². The summed E-state index contributed by atoms with van der Waals surface area (Å²) in [6, 6.07) is 26.4. The van der Waals surface area contributed by atoms with Crippen LogP contribution >= 0.6 is 0 Å². The molecule has 198 valence electrons. The van der Waals surface area contributed by atoms with Crippen LogP contribution in [0.2, 0.25) is 0 Å². The fourth-order valence-electron chi connectivity index (χ4n) is 6.80. The maximum absolute atomic E-state index is 14.1. The van der Waals surface area contributed by atoms with E-state index in [4.69, 9.17) is 0 Å². The molecule has 1 fully saturated rings. The van der Waals surface area contributed by atoms with Crippen LogP contribution in [0.4, 0.5) is 24.5 Å². The third kappa shape index (κ3) is 3.38. The maximum atomic E-state index is 14.1. The summed E-state index contributed by atoms with van der Waals surface area (Å²) in [5.41, 5.74) is 2.66. The minimum atomic E-state index is -4.68. The van der Waals surface area contributed by atoms with Crippen molar-refractivity contribution in [3.05, 3.63) is 130 Å². The van der Waals surface area contributed by atoms with E-state index in [2.05, 4.69) is 5.32 Å². The number of carbonyl (C=O) groups excluding carboxylic acids is 3. The smallest absolute Gasteiger partial charge is 0.321 e. The summed E-state index contributed by atoms with van der Waals surface area (Å²) >= 11 is 0. The molecule has 2 bridgehead atoms. The molecule has 0 aromatic heterocycles. The molecule has 2 atom stereocenters. The molecule has 4 aromatic carbocycles. The first-order valence-corrected chi connectivity index (χ1v) is 12.9. The summed E-state index contributed by atoms with van der Waals surface area (Å²) < 4.78 is 40.7. The number of para-hydroxylation sites is 2. The van der Waals surface area contributed by atoms with Gasteiger partial charge < -0.3 is 5.32 Å². The number of nitrogens with zero attached hydrogens (tertiary/aromatic N) is 1. The highest BCUT2D eigenvalue weighted by molar-refractivity contribution is 6.26. The zero-order chi connectivity index (χ0) is 27.8. The van der Waals surface area contributed by atoms with Crippen molar-refractivity contribution in [2.45, 2.75) is 18.0 Å². The minimum absolute atomic E-state index is 0.0569. The molecule has 3 aliphatic carbocycles.